The average molecular weight is 380 g/mol. The maximum Gasteiger partial charge on any atom is 0.257 e. The number of carbonyl (C=O) groups excluding carboxylic acids is 1. The lowest BCUT2D eigenvalue weighted by molar-refractivity contribution is 0.102. The van der Waals surface area contributed by atoms with E-state index in [2.05, 4.69) is 21.8 Å². The highest BCUT2D eigenvalue weighted by molar-refractivity contribution is 8.02. The Kier molecular flexibility index (Phi) is 4.77. The van der Waals surface area contributed by atoms with Crippen LogP contribution in [0.2, 0.25) is 0 Å². The minimum Gasteiger partial charge on any atom is -0.397 e. The van der Waals surface area contributed by atoms with E-state index in [1.54, 1.807) is 29.3 Å². The number of thioether (sulfide) groups is 1. The van der Waals surface area contributed by atoms with Crippen molar-refractivity contribution in [3.63, 3.8) is 0 Å². The van der Waals surface area contributed by atoms with Gasteiger partial charge in [0.25, 0.3) is 5.91 Å². The van der Waals surface area contributed by atoms with E-state index < -0.39 is 0 Å². The molecule has 0 radical (unpaired) electrons. The van der Waals surface area contributed by atoms with Gasteiger partial charge in [0.15, 0.2) is 0 Å². The highest BCUT2D eigenvalue weighted by atomic mass is 32.2. The Morgan fingerprint density at radius 2 is 2.15 bits per heavy atom. The third-order valence-corrected chi connectivity index (χ3v) is 6.21. The van der Waals surface area contributed by atoms with Gasteiger partial charge in [-0.05, 0) is 53.1 Å². The maximum absolute atomic E-state index is 12.6. The van der Waals surface area contributed by atoms with Gasteiger partial charge in [-0.3, -0.25) is 9.78 Å². The second-order valence-corrected chi connectivity index (χ2v) is 8.00. The molecular weight excluding hydrogens is 362 g/mol. The molecule has 1 amide bonds. The predicted molar refractivity (Wildman–Crippen MR) is 110 cm³/mol. The van der Waals surface area contributed by atoms with E-state index in [1.165, 1.54) is 0 Å². The molecule has 6 heteroatoms. The van der Waals surface area contributed by atoms with Crippen LogP contribution in [0.5, 0.6) is 0 Å². The number of hydrogen-bond donors (Lipinski definition) is 2. The van der Waals surface area contributed by atoms with Crippen LogP contribution in [0.25, 0.3) is 10.4 Å². The lowest BCUT2D eigenvalue weighted by Crippen LogP contribution is -2.14. The van der Waals surface area contributed by atoms with Gasteiger partial charge in [-0.2, -0.15) is 0 Å². The van der Waals surface area contributed by atoms with Crippen LogP contribution in [0.15, 0.2) is 65.5 Å². The molecule has 0 aliphatic carbocycles. The molecule has 0 saturated heterocycles. The number of nitrogens with one attached hydrogen (secondary N) is 1. The third kappa shape index (κ3) is 3.52. The highest BCUT2D eigenvalue weighted by Gasteiger charge is 2.16. The summed E-state index contributed by atoms with van der Waals surface area (Å²) in [4.78, 5) is 18.2. The van der Waals surface area contributed by atoms with Crippen molar-refractivity contribution in [3.05, 3.63) is 76.8 Å². The number of allylic oxidation sites excluding steroid dienone is 1. The number of benzene rings is 1. The molecule has 26 heavy (non-hydrogen) atoms. The van der Waals surface area contributed by atoms with Crippen LogP contribution in [0.4, 0.5) is 11.4 Å². The summed E-state index contributed by atoms with van der Waals surface area (Å²) in [6.45, 7) is 0. The lowest BCUT2D eigenvalue weighted by atomic mass is 10.1. The van der Waals surface area contributed by atoms with Gasteiger partial charge in [-0.25, -0.2) is 0 Å². The van der Waals surface area contributed by atoms with E-state index in [-0.39, 0.29) is 5.91 Å². The number of amides is 1. The van der Waals surface area contributed by atoms with E-state index >= 15 is 0 Å². The fraction of sp³-hybridized carbons (Fsp3) is 0.100. The Morgan fingerprint density at radius 1 is 1.23 bits per heavy atom. The monoisotopic (exact) mass is 379 g/mol. The van der Waals surface area contributed by atoms with Gasteiger partial charge in [-0.15, -0.1) is 23.1 Å². The number of aromatic nitrogens is 1. The zero-order chi connectivity index (χ0) is 17.9. The molecule has 1 aliphatic rings. The van der Waals surface area contributed by atoms with Crippen molar-refractivity contribution in [2.24, 2.45) is 0 Å². The Balaban J connectivity index is 1.51. The Labute approximate surface area is 160 Å². The quantitative estimate of drug-likeness (QED) is 0.601. The number of nitrogens with zero attached hydrogens (tertiary/aromatic N) is 1. The van der Waals surface area contributed by atoms with Gasteiger partial charge >= 0.3 is 0 Å². The fourth-order valence-electron chi connectivity index (χ4n) is 2.76. The Morgan fingerprint density at radius 3 is 2.85 bits per heavy atom. The molecule has 1 aliphatic heterocycles. The molecule has 0 fully saturated rings. The lowest BCUT2D eigenvalue weighted by Gasteiger charge is -2.11. The smallest absolute Gasteiger partial charge is 0.257 e. The Hall–Kier alpha value is -2.57. The number of nitrogens with two attached hydrogens (primary N) is 1. The van der Waals surface area contributed by atoms with Crippen molar-refractivity contribution in [1.82, 2.24) is 4.98 Å². The number of nitrogen functional groups attached to an aromatic ring is 1. The molecule has 1 unspecified atom stereocenters. The minimum atomic E-state index is -0.212. The molecule has 130 valence electrons. The molecule has 0 spiro atoms. The van der Waals surface area contributed by atoms with Gasteiger partial charge < -0.3 is 11.1 Å². The molecule has 0 saturated carbocycles. The van der Waals surface area contributed by atoms with Crippen molar-refractivity contribution in [2.75, 3.05) is 11.1 Å². The second kappa shape index (κ2) is 7.35. The molecule has 1 aromatic carbocycles. The van der Waals surface area contributed by atoms with E-state index in [9.17, 15) is 4.79 Å². The highest BCUT2D eigenvalue weighted by Crippen LogP contribution is 2.37. The van der Waals surface area contributed by atoms with Crippen LogP contribution in [-0.2, 0) is 0 Å². The van der Waals surface area contributed by atoms with Gasteiger partial charge in [0.1, 0.15) is 0 Å². The molecule has 1 atom stereocenters. The summed E-state index contributed by atoms with van der Waals surface area (Å²) < 4.78 is 0. The summed E-state index contributed by atoms with van der Waals surface area (Å²) in [6.07, 6.45) is 4.75. The molecular formula is C20H17N3OS2. The van der Waals surface area contributed by atoms with Gasteiger partial charge in [0, 0.05) is 11.1 Å². The number of thiophene rings is 1. The first-order valence-corrected chi connectivity index (χ1v) is 10.0. The first-order chi connectivity index (χ1) is 12.7. The van der Waals surface area contributed by atoms with Crippen LogP contribution in [-0.4, -0.2) is 10.9 Å². The molecule has 4 rings (SSSR count). The van der Waals surface area contributed by atoms with Crippen LogP contribution >= 0.6 is 23.1 Å². The normalized spacial score (nSPS) is 15.9. The summed E-state index contributed by atoms with van der Waals surface area (Å²) in [7, 11) is 0. The molecule has 3 aromatic rings. The Bertz CT molecular complexity index is 942. The van der Waals surface area contributed by atoms with Crippen molar-refractivity contribution >= 4 is 40.4 Å². The van der Waals surface area contributed by atoms with Crippen molar-refractivity contribution < 1.29 is 4.79 Å². The predicted octanol–water partition coefficient (Wildman–Crippen LogP) is 5.34. The first-order valence-electron chi connectivity index (χ1n) is 8.22. The van der Waals surface area contributed by atoms with Gasteiger partial charge in [-0.1, -0.05) is 18.2 Å². The number of hydrogen-bond acceptors (Lipinski definition) is 5. The molecule has 2 aromatic heterocycles. The standard InChI is InChI=1S/C20H17N3OS2/c21-15-7-5-13(18-3-1-9-25-18)11-17(15)23-20(24)14-6-8-16(22-12-14)19-4-2-10-26-19/h1-3,5-12,19H,4,21H2,(H,23,24). The third-order valence-electron chi connectivity index (χ3n) is 4.17. The average Bonchev–Trinajstić information content (AvgIpc) is 3.38. The molecule has 3 N–H and O–H groups in total. The number of pyridine rings is 1. The number of anilines is 2. The van der Waals surface area contributed by atoms with E-state index in [1.807, 2.05) is 47.8 Å². The van der Waals surface area contributed by atoms with Gasteiger partial charge in [0.05, 0.1) is 27.9 Å². The van der Waals surface area contributed by atoms with Crippen molar-refractivity contribution in [1.29, 1.82) is 0 Å². The molecule has 0 bridgehead atoms. The largest absolute Gasteiger partial charge is 0.397 e. The topological polar surface area (TPSA) is 68.0 Å². The number of rotatable bonds is 4. The minimum absolute atomic E-state index is 0.212. The first kappa shape index (κ1) is 16.9. The summed E-state index contributed by atoms with van der Waals surface area (Å²) >= 11 is 3.40. The van der Waals surface area contributed by atoms with Crippen molar-refractivity contribution in [2.45, 2.75) is 11.7 Å². The van der Waals surface area contributed by atoms with Crippen LogP contribution < -0.4 is 11.1 Å². The molecule has 4 nitrogen and oxygen atoms in total. The van der Waals surface area contributed by atoms with Gasteiger partial charge in [0.2, 0.25) is 0 Å². The maximum atomic E-state index is 12.6. The van der Waals surface area contributed by atoms with E-state index in [0.717, 1.165) is 22.6 Å². The summed E-state index contributed by atoms with van der Waals surface area (Å²) in [6, 6.07) is 13.5. The number of carbonyl (C=O) groups is 1. The van der Waals surface area contributed by atoms with Crippen LogP contribution in [0, 0.1) is 0 Å². The van der Waals surface area contributed by atoms with Crippen LogP contribution in [0.1, 0.15) is 27.7 Å². The van der Waals surface area contributed by atoms with Crippen LogP contribution in [0.3, 0.4) is 0 Å². The zero-order valence-corrected chi connectivity index (χ0v) is 15.5. The van der Waals surface area contributed by atoms with E-state index in [4.69, 9.17) is 5.73 Å². The second-order valence-electron chi connectivity index (χ2n) is 5.94. The fourth-order valence-corrected chi connectivity index (χ4v) is 4.40. The van der Waals surface area contributed by atoms with Crippen molar-refractivity contribution in [3.8, 4) is 10.4 Å². The molecule has 3 heterocycles. The summed E-state index contributed by atoms with van der Waals surface area (Å²) in [5.74, 6) is -0.212. The summed E-state index contributed by atoms with van der Waals surface area (Å²) in [5, 5.41) is 7.37. The summed E-state index contributed by atoms with van der Waals surface area (Å²) in [5.41, 5.74) is 9.74. The zero-order valence-electron chi connectivity index (χ0n) is 13.9. The van der Waals surface area contributed by atoms with E-state index in [0.29, 0.717) is 22.2 Å². The SMILES string of the molecule is Nc1ccc(-c2cccs2)cc1NC(=O)c1ccc(C2CC=CS2)nc1.